The van der Waals surface area contributed by atoms with Crippen LogP contribution in [-0.4, -0.2) is 32.9 Å². The average molecular weight is 448 g/mol. The molecule has 2 N–H and O–H groups in total. The number of carbonyl (C=O) groups excluding carboxylic acids is 1. The first-order valence-electron chi connectivity index (χ1n) is 10.1. The van der Waals surface area contributed by atoms with Crippen LogP contribution in [0, 0.1) is 0 Å². The molecule has 0 aliphatic heterocycles. The van der Waals surface area contributed by atoms with Gasteiger partial charge >= 0.3 is 0 Å². The number of hydrogen-bond donors (Lipinski definition) is 2. The summed E-state index contributed by atoms with van der Waals surface area (Å²) in [6.45, 7) is 4.95. The second kappa shape index (κ2) is 9.58. The largest absolute Gasteiger partial charge is 0.378 e. The zero-order valence-electron chi connectivity index (χ0n) is 17.8. The molecule has 0 aliphatic carbocycles. The monoisotopic (exact) mass is 448 g/mol. The first kappa shape index (κ1) is 22.1. The number of rotatable bonds is 8. The molecule has 0 radical (unpaired) electrons. The Bertz CT molecular complexity index is 1270. The van der Waals surface area contributed by atoms with E-state index >= 15 is 0 Å². The van der Waals surface area contributed by atoms with Crippen LogP contribution in [0.1, 0.15) is 24.2 Å². The van der Waals surface area contributed by atoms with E-state index in [4.69, 9.17) is 9.05 Å². The highest BCUT2D eigenvalue weighted by atomic mass is 19.1. The van der Waals surface area contributed by atoms with Crippen molar-refractivity contribution in [1.29, 1.82) is 0 Å². The maximum atomic E-state index is 13.8. The quantitative estimate of drug-likeness (QED) is 0.387. The first-order chi connectivity index (χ1) is 16.0. The first-order valence-corrected chi connectivity index (χ1v) is 10.1. The number of aliphatic hydroxyl groups excluding tert-OH is 1. The molecule has 0 aliphatic rings. The summed E-state index contributed by atoms with van der Waals surface area (Å²) < 4.78 is 24.5. The van der Waals surface area contributed by atoms with Gasteiger partial charge in [-0.25, -0.2) is 4.39 Å². The standard InChI is InChI=1S/C24H21FN4O4/c1-14(2)13-26-23(31)20(30)15-8-10-17(11-9-15)22-27-24(33-29-22)19-18(12-25)21(32-28-19)16-6-4-3-5-7-16/h3-11,20,30H,1,12-13H2,2H3,(H,26,31). The van der Waals surface area contributed by atoms with E-state index in [1.165, 1.54) is 0 Å². The molecular weight excluding hydrogens is 427 g/mol. The predicted octanol–water partition coefficient (Wildman–Crippen LogP) is 4.25. The summed E-state index contributed by atoms with van der Waals surface area (Å²) in [5.41, 5.74) is 2.80. The molecule has 2 aromatic carbocycles. The minimum absolute atomic E-state index is 0.0202. The second-order valence-electron chi connectivity index (χ2n) is 7.46. The number of nitrogens with zero attached hydrogens (tertiary/aromatic N) is 3. The molecule has 9 heteroatoms. The van der Waals surface area contributed by atoms with Crippen molar-refractivity contribution in [3.8, 4) is 34.3 Å². The van der Waals surface area contributed by atoms with E-state index in [1.54, 1.807) is 43.3 Å². The number of alkyl halides is 1. The molecule has 4 rings (SSSR count). The van der Waals surface area contributed by atoms with Gasteiger partial charge in [-0.3, -0.25) is 4.79 Å². The minimum Gasteiger partial charge on any atom is -0.378 e. The fraction of sp³-hybridized carbons (Fsp3) is 0.167. The van der Waals surface area contributed by atoms with Gasteiger partial charge in [-0.1, -0.05) is 77.1 Å². The summed E-state index contributed by atoms with van der Waals surface area (Å²) in [5, 5.41) is 20.7. The van der Waals surface area contributed by atoms with E-state index in [9.17, 15) is 14.3 Å². The lowest BCUT2D eigenvalue weighted by Crippen LogP contribution is -2.30. The van der Waals surface area contributed by atoms with Crippen molar-refractivity contribution in [1.82, 2.24) is 20.6 Å². The molecule has 1 unspecified atom stereocenters. The number of carbonyl (C=O) groups is 1. The Balaban J connectivity index is 1.54. The fourth-order valence-electron chi connectivity index (χ4n) is 3.16. The number of aromatic nitrogens is 3. The van der Waals surface area contributed by atoms with E-state index < -0.39 is 18.7 Å². The van der Waals surface area contributed by atoms with Crippen molar-refractivity contribution >= 4 is 5.91 Å². The molecule has 2 heterocycles. The van der Waals surface area contributed by atoms with E-state index in [2.05, 4.69) is 27.2 Å². The molecule has 2 aromatic heterocycles. The molecule has 1 atom stereocenters. The Morgan fingerprint density at radius 1 is 1.09 bits per heavy atom. The van der Waals surface area contributed by atoms with Crippen molar-refractivity contribution in [2.45, 2.75) is 19.7 Å². The van der Waals surface area contributed by atoms with Crippen LogP contribution in [0.3, 0.4) is 0 Å². The number of nitrogens with one attached hydrogen (secondary N) is 1. The summed E-state index contributed by atoms with van der Waals surface area (Å²) >= 11 is 0. The molecule has 0 bridgehead atoms. The zero-order valence-corrected chi connectivity index (χ0v) is 17.8. The summed E-state index contributed by atoms with van der Waals surface area (Å²) in [7, 11) is 0. The molecule has 8 nitrogen and oxygen atoms in total. The van der Waals surface area contributed by atoms with Crippen LogP contribution in [0.4, 0.5) is 4.39 Å². The predicted molar refractivity (Wildman–Crippen MR) is 118 cm³/mol. The molecule has 0 spiro atoms. The molecule has 168 valence electrons. The Morgan fingerprint density at radius 3 is 2.48 bits per heavy atom. The Hall–Kier alpha value is -4.11. The van der Waals surface area contributed by atoms with Gasteiger partial charge in [-0.05, 0) is 12.5 Å². The van der Waals surface area contributed by atoms with Crippen LogP contribution in [0.25, 0.3) is 34.3 Å². The molecule has 0 fully saturated rings. The third-order valence-corrected chi connectivity index (χ3v) is 4.88. The van der Waals surface area contributed by atoms with Crippen molar-refractivity contribution < 1.29 is 23.3 Å². The Kier molecular flexibility index (Phi) is 6.41. The van der Waals surface area contributed by atoms with Crippen molar-refractivity contribution in [2.75, 3.05) is 6.54 Å². The lowest BCUT2D eigenvalue weighted by atomic mass is 10.1. The Labute approximate surface area is 188 Å². The Morgan fingerprint density at radius 2 is 1.82 bits per heavy atom. The van der Waals surface area contributed by atoms with E-state index in [0.717, 1.165) is 5.57 Å². The summed E-state index contributed by atoms with van der Waals surface area (Å²) in [5.74, 6) is 0.0430. The third kappa shape index (κ3) is 4.73. The number of hydrogen-bond acceptors (Lipinski definition) is 7. The molecule has 0 saturated carbocycles. The summed E-state index contributed by atoms with van der Waals surface area (Å²) in [6.07, 6.45) is -1.32. The lowest BCUT2D eigenvalue weighted by Gasteiger charge is -2.11. The number of halogens is 1. The van der Waals surface area contributed by atoms with Crippen LogP contribution in [0.15, 0.2) is 75.8 Å². The van der Waals surface area contributed by atoms with Gasteiger partial charge in [-0.2, -0.15) is 4.98 Å². The number of benzene rings is 2. The van der Waals surface area contributed by atoms with Gasteiger partial charge in [0.25, 0.3) is 11.8 Å². The lowest BCUT2D eigenvalue weighted by molar-refractivity contribution is -0.129. The number of aliphatic hydroxyl groups is 1. The van der Waals surface area contributed by atoms with Crippen LogP contribution >= 0.6 is 0 Å². The smallest absolute Gasteiger partial charge is 0.280 e. The van der Waals surface area contributed by atoms with E-state index in [0.29, 0.717) is 22.5 Å². The number of amides is 1. The highest BCUT2D eigenvalue weighted by molar-refractivity contribution is 5.82. The topological polar surface area (TPSA) is 114 Å². The van der Waals surface area contributed by atoms with Gasteiger partial charge < -0.3 is 19.5 Å². The SMILES string of the molecule is C=C(C)CNC(=O)C(O)c1ccc(-c2noc(-c3noc(-c4ccccc4)c3CF)n2)cc1. The molecule has 4 aromatic rings. The van der Waals surface area contributed by atoms with E-state index in [-0.39, 0.29) is 29.5 Å². The van der Waals surface area contributed by atoms with Gasteiger partial charge in [0.05, 0.1) is 5.56 Å². The minimum atomic E-state index is -1.32. The maximum absolute atomic E-state index is 13.8. The summed E-state index contributed by atoms with van der Waals surface area (Å²) in [6, 6.07) is 15.5. The normalized spacial score (nSPS) is 11.8. The molecule has 1 amide bonds. The third-order valence-electron chi connectivity index (χ3n) is 4.88. The zero-order chi connectivity index (χ0) is 23.4. The van der Waals surface area contributed by atoms with E-state index in [1.807, 2.05) is 18.2 Å². The maximum Gasteiger partial charge on any atom is 0.280 e. The second-order valence-corrected chi connectivity index (χ2v) is 7.46. The average Bonchev–Trinajstić information content (AvgIpc) is 3.49. The highest BCUT2D eigenvalue weighted by Gasteiger charge is 2.24. The molecule has 0 saturated heterocycles. The van der Waals surface area contributed by atoms with Crippen LogP contribution in [0.2, 0.25) is 0 Å². The molecular formula is C24H21FN4O4. The van der Waals surface area contributed by atoms with Gasteiger partial charge in [-0.15, -0.1) is 0 Å². The molecule has 33 heavy (non-hydrogen) atoms. The summed E-state index contributed by atoms with van der Waals surface area (Å²) in [4.78, 5) is 16.3. The highest BCUT2D eigenvalue weighted by Crippen LogP contribution is 2.33. The van der Waals surface area contributed by atoms with Gasteiger partial charge in [0, 0.05) is 17.7 Å². The fourth-order valence-corrected chi connectivity index (χ4v) is 3.16. The van der Waals surface area contributed by atoms with Crippen LogP contribution in [0.5, 0.6) is 0 Å². The van der Waals surface area contributed by atoms with Crippen molar-refractivity contribution in [2.24, 2.45) is 0 Å². The van der Waals surface area contributed by atoms with Crippen molar-refractivity contribution in [3.63, 3.8) is 0 Å². The van der Waals surface area contributed by atoms with Crippen LogP contribution in [-0.2, 0) is 11.5 Å². The van der Waals surface area contributed by atoms with Gasteiger partial charge in [0.1, 0.15) is 6.67 Å². The van der Waals surface area contributed by atoms with Gasteiger partial charge in [0.15, 0.2) is 17.6 Å². The van der Waals surface area contributed by atoms with Crippen LogP contribution < -0.4 is 5.32 Å². The van der Waals surface area contributed by atoms with Crippen molar-refractivity contribution in [3.05, 3.63) is 77.9 Å². The van der Waals surface area contributed by atoms with Gasteiger partial charge in [0.2, 0.25) is 5.82 Å².